The summed E-state index contributed by atoms with van der Waals surface area (Å²) in [6, 6.07) is 5.45. The molecule has 1 aliphatic carbocycles. The number of rotatable bonds is 8. The van der Waals surface area contributed by atoms with Crippen LogP contribution in [0.5, 0.6) is 11.5 Å². The summed E-state index contributed by atoms with van der Waals surface area (Å²) in [6.45, 7) is 3.00. The Morgan fingerprint density at radius 1 is 1.18 bits per heavy atom. The smallest absolute Gasteiger partial charge is 0.318 e. The third-order valence-electron chi connectivity index (χ3n) is 7.02. The zero-order chi connectivity index (χ0) is 23.6. The van der Waals surface area contributed by atoms with Crippen LogP contribution in [0.1, 0.15) is 51.0 Å². The van der Waals surface area contributed by atoms with E-state index in [1.807, 2.05) is 12.1 Å². The van der Waals surface area contributed by atoms with Crippen LogP contribution in [0.2, 0.25) is 0 Å². The maximum absolute atomic E-state index is 13.3. The largest absolute Gasteiger partial charge is 0.493 e. The Labute approximate surface area is 194 Å². The first-order valence-corrected chi connectivity index (χ1v) is 11.6. The first-order valence-electron chi connectivity index (χ1n) is 11.6. The highest BCUT2D eigenvalue weighted by atomic mass is 16.5. The number of nitrogens with one attached hydrogen (secondary N) is 1. The highest BCUT2D eigenvalue weighted by Gasteiger charge is 2.57. The topological polar surface area (TPSA) is 94.2 Å². The van der Waals surface area contributed by atoms with Crippen LogP contribution in [0.25, 0.3) is 0 Å². The third-order valence-corrected chi connectivity index (χ3v) is 7.02. The third kappa shape index (κ3) is 4.18. The van der Waals surface area contributed by atoms with E-state index in [0.717, 1.165) is 30.5 Å². The van der Waals surface area contributed by atoms with Crippen molar-refractivity contribution in [1.29, 1.82) is 0 Å². The van der Waals surface area contributed by atoms with Crippen LogP contribution < -0.4 is 14.8 Å². The number of benzene rings is 1. The molecule has 0 bridgehead atoms. The zero-order valence-electron chi connectivity index (χ0n) is 19.6. The van der Waals surface area contributed by atoms with Crippen molar-refractivity contribution in [3.8, 4) is 11.5 Å². The van der Waals surface area contributed by atoms with Crippen molar-refractivity contribution in [2.45, 2.75) is 52.0 Å². The molecule has 3 aliphatic rings. The molecular weight excluding hydrogens is 424 g/mol. The lowest BCUT2D eigenvalue weighted by Crippen LogP contribution is -2.53. The second kappa shape index (κ2) is 9.45. The van der Waals surface area contributed by atoms with Crippen molar-refractivity contribution in [3.63, 3.8) is 0 Å². The van der Waals surface area contributed by atoms with Gasteiger partial charge in [0.1, 0.15) is 5.41 Å². The van der Waals surface area contributed by atoms with Crippen LogP contribution in [0.3, 0.4) is 0 Å². The van der Waals surface area contributed by atoms with E-state index in [9.17, 15) is 14.4 Å². The normalized spacial score (nSPS) is 23.8. The Hall–Kier alpha value is -3.03. The van der Waals surface area contributed by atoms with Gasteiger partial charge in [-0.15, -0.1) is 0 Å². The number of methoxy groups -OCH3 is 2. The number of nitrogens with zero attached hydrogens (tertiary/aromatic N) is 1. The Balaban J connectivity index is 1.47. The van der Waals surface area contributed by atoms with Crippen molar-refractivity contribution >= 4 is 17.8 Å². The summed E-state index contributed by atoms with van der Waals surface area (Å²) in [4.78, 5) is 41.0. The average molecular weight is 457 g/mol. The molecule has 2 amide bonds. The van der Waals surface area contributed by atoms with E-state index in [1.54, 1.807) is 32.1 Å². The van der Waals surface area contributed by atoms with Crippen LogP contribution in [0.4, 0.5) is 0 Å². The number of amides is 2. The molecule has 0 spiro atoms. The SMILES string of the molecule is CCOC(=O)[C@]12CCC3=C1N(CCC3)C(=O)[C@@H](CC(=O)NCc1ccc(OC)c(OC)c1)C2. The van der Waals surface area contributed by atoms with E-state index in [0.29, 0.717) is 44.0 Å². The van der Waals surface area contributed by atoms with Gasteiger partial charge in [-0.3, -0.25) is 14.4 Å². The average Bonchev–Trinajstić information content (AvgIpc) is 3.21. The van der Waals surface area contributed by atoms with E-state index >= 15 is 0 Å². The van der Waals surface area contributed by atoms with Gasteiger partial charge in [0.25, 0.3) is 0 Å². The van der Waals surface area contributed by atoms with Crippen LogP contribution in [-0.4, -0.2) is 50.1 Å². The minimum absolute atomic E-state index is 0.0480. The molecule has 1 N–H and O–H groups in total. The maximum Gasteiger partial charge on any atom is 0.318 e. The van der Waals surface area contributed by atoms with E-state index in [2.05, 4.69) is 5.32 Å². The number of piperidine rings is 1. The Morgan fingerprint density at radius 3 is 2.70 bits per heavy atom. The summed E-state index contributed by atoms with van der Waals surface area (Å²) in [5.41, 5.74) is 2.15. The summed E-state index contributed by atoms with van der Waals surface area (Å²) in [5.74, 6) is 0.136. The minimum atomic E-state index is -0.798. The summed E-state index contributed by atoms with van der Waals surface area (Å²) in [6.07, 6.45) is 3.68. The molecule has 0 saturated carbocycles. The number of carbonyl (C=O) groups excluding carboxylic acids is 3. The van der Waals surface area contributed by atoms with Gasteiger partial charge in [0.15, 0.2) is 11.5 Å². The Morgan fingerprint density at radius 2 is 1.97 bits per heavy atom. The fraction of sp³-hybridized carbons (Fsp3) is 0.560. The molecule has 1 aromatic rings. The molecule has 8 nitrogen and oxygen atoms in total. The molecule has 0 aromatic heterocycles. The lowest BCUT2D eigenvalue weighted by molar-refractivity contribution is -0.161. The molecule has 33 heavy (non-hydrogen) atoms. The molecule has 2 aliphatic heterocycles. The number of esters is 1. The fourth-order valence-electron chi connectivity index (χ4n) is 5.54. The molecule has 2 atom stereocenters. The van der Waals surface area contributed by atoms with Crippen LogP contribution in [0.15, 0.2) is 29.5 Å². The molecule has 0 radical (unpaired) electrons. The van der Waals surface area contributed by atoms with E-state index < -0.39 is 11.3 Å². The van der Waals surface area contributed by atoms with Crippen LogP contribution in [-0.2, 0) is 25.7 Å². The van der Waals surface area contributed by atoms with Crippen molar-refractivity contribution in [3.05, 3.63) is 35.0 Å². The highest BCUT2D eigenvalue weighted by Crippen LogP contribution is 2.55. The summed E-state index contributed by atoms with van der Waals surface area (Å²) in [7, 11) is 3.13. The molecule has 1 saturated heterocycles. The molecule has 8 heteroatoms. The maximum atomic E-state index is 13.3. The monoisotopic (exact) mass is 456 g/mol. The zero-order valence-corrected chi connectivity index (χ0v) is 19.6. The molecule has 1 aromatic carbocycles. The summed E-state index contributed by atoms with van der Waals surface area (Å²) in [5, 5.41) is 2.90. The quantitative estimate of drug-likeness (QED) is 0.605. The van der Waals surface area contributed by atoms with Gasteiger partial charge in [0, 0.05) is 31.1 Å². The second-order valence-electron chi connectivity index (χ2n) is 8.92. The van der Waals surface area contributed by atoms with Gasteiger partial charge >= 0.3 is 5.97 Å². The first kappa shape index (κ1) is 23.1. The molecule has 1 fully saturated rings. The van der Waals surface area contributed by atoms with E-state index in [4.69, 9.17) is 14.2 Å². The standard InChI is InChI=1S/C25H32N2O6/c1-4-33-24(30)25-10-9-17-6-5-11-27(22(17)25)23(29)18(14-25)13-21(28)26-15-16-7-8-19(31-2)20(12-16)32-3/h7-8,12,18H,4-6,9-11,13-15H2,1-3H3,(H,26,28)/t18-,25-/m0/s1. The Bertz CT molecular complexity index is 987. The number of carbonyl (C=O) groups is 3. The first-order chi connectivity index (χ1) is 15.9. The van der Waals surface area contributed by atoms with Crippen molar-refractivity contribution in [1.82, 2.24) is 10.2 Å². The summed E-state index contributed by atoms with van der Waals surface area (Å²) >= 11 is 0. The van der Waals surface area contributed by atoms with Crippen molar-refractivity contribution < 1.29 is 28.6 Å². The predicted octanol–water partition coefficient (Wildman–Crippen LogP) is 2.95. The van der Waals surface area contributed by atoms with Crippen molar-refractivity contribution in [2.75, 3.05) is 27.4 Å². The van der Waals surface area contributed by atoms with Gasteiger partial charge in [0.05, 0.1) is 20.8 Å². The Kier molecular flexibility index (Phi) is 6.63. The lowest BCUT2D eigenvalue weighted by atomic mass is 9.71. The van der Waals surface area contributed by atoms with E-state index in [1.165, 1.54) is 5.57 Å². The number of hydrogen-bond donors (Lipinski definition) is 1. The lowest BCUT2D eigenvalue weighted by Gasteiger charge is -2.45. The summed E-state index contributed by atoms with van der Waals surface area (Å²) < 4.78 is 16.0. The van der Waals surface area contributed by atoms with Gasteiger partial charge in [-0.05, 0) is 62.3 Å². The van der Waals surface area contributed by atoms with Gasteiger partial charge in [0.2, 0.25) is 11.8 Å². The van der Waals surface area contributed by atoms with Gasteiger partial charge in [-0.2, -0.15) is 0 Å². The van der Waals surface area contributed by atoms with Crippen molar-refractivity contribution in [2.24, 2.45) is 11.3 Å². The van der Waals surface area contributed by atoms with Gasteiger partial charge < -0.3 is 24.4 Å². The minimum Gasteiger partial charge on any atom is -0.493 e. The van der Waals surface area contributed by atoms with Crippen LogP contribution >= 0.6 is 0 Å². The molecule has 178 valence electrons. The second-order valence-corrected chi connectivity index (χ2v) is 8.92. The fourth-order valence-corrected chi connectivity index (χ4v) is 5.54. The number of allylic oxidation sites excluding steroid dienone is 1. The van der Waals surface area contributed by atoms with Crippen LogP contribution in [0, 0.1) is 11.3 Å². The van der Waals surface area contributed by atoms with Gasteiger partial charge in [-0.1, -0.05) is 6.07 Å². The molecule has 0 unspecified atom stereocenters. The number of hydrogen-bond acceptors (Lipinski definition) is 6. The van der Waals surface area contributed by atoms with Gasteiger partial charge in [-0.25, -0.2) is 0 Å². The molecule has 2 heterocycles. The highest BCUT2D eigenvalue weighted by molar-refractivity contribution is 5.93. The molecule has 4 rings (SSSR count). The van der Waals surface area contributed by atoms with E-state index in [-0.39, 0.29) is 24.2 Å². The molecular formula is C25H32N2O6. The predicted molar refractivity (Wildman–Crippen MR) is 120 cm³/mol. The number of ether oxygens (including phenoxy) is 3.